The average molecular weight is 423 g/mol. The Hall–Kier alpha value is -2.86. The first-order chi connectivity index (χ1) is 15.0. The molecule has 1 heterocycles. The molecule has 2 N–H and O–H groups in total. The maximum atomic E-state index is 12.9. The summed E-state index contributed by atoms with van der Waals surface area (Å²) in [5, 5.41) is 5.91. The van der Waals surface area contributed by atoms with E-state index >= 15 is 0 Å². The highest BCUT2D eigenvalue weighted by Crippen LogP contribution is 2.13. The van der Waals surface area contributed by atoms with E-state index in [9.17, 15) is 9.59 Å². The third-order valence-electron chi connectivity index (χ3n) is 5.65. The number of hydrogen-bond donors (Lipinski definition) is 2. The summed E-state index contributed by atoms with van der Waals surface area (Å²) in [5.41, 5.74) is 3.18. The molecule has 1 saturated heterocycles. The Labute approximate surface area is 185 Å². The number of aryl methyl sites for hydroxylation is 1. The van der Waals surface area contributed by atoms with E-state index in [1.165, 1.54) is 11.1 Å². The molecule has 0 aliphatic carbocycles. The minimum atomic E-state index is -0.173. The minimum Gasteiger partial charge on any atom is -0.337 e. The van der Waals surface area contributed by atoms with Crippen LogP contribution in [0.2, 0.25) is 0 Å². The van der Waals surface area contributed by atoms with Gasteiger partial charge in [0, 0.05) is 37.9 Å². The molecule has 0 bridgehead atoms. The second-order valence-electron chi connectivity index (χ2n) is 8.32. The van der Waals surface area contributed by atoms with E-state index in [2.05, 4.69) is 53.6 Å². The number of anilines is 1. The highest BCUT2D eigenvalue weighted by Gasteiger charge is 2.24. The van der Waals surface area contributed by atoms with Gasteiger partial charge in [0.05, 0.1) is 6.54 Å². The first-order valence-corrected chi connectivity index (χ1v) is 11.2. The largest absolute Gasteiger partial charge is 0.337 e. The first-order valence-electron chi connectivity index (χ1n) is 11.2. The van der Waals surface area contributed by atoms with Crippen molar-refractivity contribution < 1.29 is 9.59 Å². The van der Waals surface area contributed by atoms with Gasteiger partial charge in [-0.1, -0.05) is 55.0 Å². The molecule has 0 radical (unpaired) electrons. The number of piperidine rings is 1. The number of para-hydroxylation sites is 1. The Morgan fingerprint density at radius 1 is 1.03 bits per heavy atom. The summed E-state index contributed by atoms with van der Waals surface area (Å²) < 4.78 is 0. The maximum Gasteiger partial charge on any atom is 0.319 e. The van der Waals surface area contributed by atoms with Crippen LogP contribution in [0, 0.1) is 6.92 Å². The second-order valence-corrected chi connectivity index (χ2v) is 8.32. The van der Waals surface area contributed by atoms with E-state index in [0.717, 1.165) is 44.6 Å². The topological polar surface area (TPSA) is 64.7 Å². The minimum absolute atomic E-state index is 0.134. The van der Waals surface area contributed by atoms with Gasteiger partial charge in [-0.05, 0) is 43.9 Å². The third kappa shape index (κ3) is 7.40. The summed E-state index contributed by atoms with van der Waals surface area (Å²) in [7, 11) is 0. The molecule has 166 valence electrons. The van der Waals surface area contributed by atoms with E-state index in [4.69, 9.17) is 0 Å². The Bertz CT molecular complexity index is 830. The van der Waals surface area contributed by atoms with E-state index in [1.54, 1.807) is 0 Å². The SMILES string of the molecule is CCCN(Cc1ccc(C)cc1)C(=O)CN1CCC(NC(=O)Nc2ccccc2)CC1. The number of amides is 3. The number of nitrogens with one attached hydrogen (secondary N) is 2. The fraction of sp³-hybridized carbons (Fsp3) is 0.440. The van der Waals surface area contributed by atoms with Crippen LogP contribution in [0.5, 0.6) is 0 Å². The summed E-state index contributed by atoms with van der Waals surface area (Å²) >= 11 is 0. The van der Waals surface area contributed by atoms with Gasteiger partial charge in [0.15, 0.2) is 0 Å². The van der Waals surface area contributed by atoms with Crippen molar-refractivity contribution in [2.24, 2.45) is 0 Å². The van der Waals surface area contributed by atoms with Gasteiger partial charge in [0.25, 0.3) is 0 Å². The molecule has 0 unspecified atom stereocenters. The summed E-state index contributed by atoms with van der Waals surface area (Å²) in [6.07, 6.45) is 2.64. The lowest BCUT2D eigenvalue weighted by Gasteiger charge is -2.33. The monoisotopic (exact) mass is 422 g/mol. The molecule has 2 aromatic rings. The highest BCUT2D eigenvalue weighted by molar-refractivity contribution is 5.89. The lowest BCUT2D eigenvalue weighted by atomic mass is 10.1. The molecule has 0 aromatic heterocycles. The van der Waals surface area contributed by atoms with Crippen LogP contribution in [0.3, 0.4) is 0 Å². The van der Waals surface area contributed by atoms with Crippen molar-refractivity contribution in [3.8, 4) is 0 Å². The van der Waals surface area contributed by atoms with Gasteiger partial charge in [-0.2, -0.15) is 0 Å². The Kier molecular flexibility index (Phi) is 8.47. The van der Waals surface area contributed by atoms with Crippen LogP contribution in [0.15, 0.2) is 54.6 Å². The van der Waals surface area contributed by atoms with Crippen LogP contribution in [-0.4, -0.2) is 54.0 Å². The number of carbonyl (C=O) groups is 2. The van der Waals surface area contributed by atoms with Gasteiger partial charge >= 0.3 is 6.03 Å². The van der Waals surface area contributed by atoms with Crippen LogP contribution < -0.4 is 10.6 Å². The number of likely N-dealkylation sites (tertiary alicyclic amines) is 1. The molecule has 0 saturated carbocycles. The number of benzene rings is 2. The van der Waals surface area contributed by atoms with Crippen molar-refractivity contribution in [1.29, 1.82) is 0 Å². The fourth-order valence-electron chi connectivity index (χ4n) is 3.88. The Balaban J connectivity index is 1.43. The molecule has 3 rings (SSSR count). The van der Waals surface area contributed by atoms with E-state index in [1.807, 2.05) is 35.2 Å². The van der Waals surface area contributed by atoms with Crippen molar-refractivity contribution in [2.75, 3.05) is 31.5 Å². The summed E-state index contributed by atoms with van der Waals surface area (Å²) in [6.45, 7) is 7.67. The number of hydrogen-bond acceptors (Lipinski definition) is 3. The van der Waals surface area contributed by atoms with Gasteiger partial charge < -0.3 is 15.5 Å². The Morgan fingerprint density at radius 3 is 2.35 bits per heavy atom. The molecule has 2 aromatic carbocycles. The number of urea groups is 1. The third-order valence-corrected chi connectivity index (χ3v) is 5.65. The molecule has 0 spiro atoms. The fourth-order valence-corrected chi connectivity index (χ4v) is 3.88. The molecular formula is C25H34N4O2. The Morgan fingerprint density at radius 2 is 1.71 bits per heavy atom. The van der Waals surface area contributed by atoms with Gasteiger partial charge in [0.2, 0.25) is 5.91 Å². The molecular weight excluding hydrogens is 388 g/mol. The van der Waals surface area contributed by atoms with Crippen LogP contribution in [0.4, 0.5) is 10.5 Å². The summed E-state index contributed by atoms with van der Waals surface area (Å²) in [5.74, 6) is 0.177. The lowest BCUT2D eigenvalue weighted by Crippen LogP contribution is -2.48. The summed E-state index contributed by atoms with van der Waals surface area (Å²) in [4.78, 5) is 29.3. The van der Waals surface area contributed by atoms with Gasteiger partial charge in [-0.15, -0.1) is 0 Å². The normalized spacial score (nSPS) is 14.8. The molecule has 3 amide bonds. The van der Waals surface area contributed by atoms with Crippen LogP contribution in [-0.2, 0) is 11.3 Å². The van der Waals surface area contributed by atoms with Crippen LogP contribution in [0.1, 0.15) is 37.3 Å². The van der Waals surface area contributed by atoms with Crippen molar-refractivity contribution in [3.05, 3.63) is 65.7 Å². The van der Waals surface area contributed by atoms with Crippen molar-refractivity contribution in [3.63, 3.8) is 0 Å². The van der Waals surface area contributed by atoms with E-state index in [0.29, 0.717) is 13.1 Å². The van der Waals surface area contributed by atoms with Crippen LogP contribution in [0.25, 0.3) is 0 Å². The van der Waals surface area contributed by atoms with Crippen molar-refractivity contribution in [2.45, 2.75) is 45.7 Å². The van der Waals surface area contributed by atoms with Crippen molar-refractivity contribution >= 4 is 17.6 Å². The number of nitrogens with zero attached hydrogens (tertiary/aromatic N) is 2. The van der Waals surface area contributed by atoms with Gasteiger partial charge in [0.1, 0.15) is 0 Å². The quantitative estimate of drug-likeness (QED) is 0.675. The first kappa shape index (κ1) is 22.8. The maximum absolute atomic E-state index is 12.9. The predicted molar refractivity (Wildman–Crippen MR) is 125 cm³/mol. The van der Waals surface area contributed by atoms with Gasteiger partial charge in [-0.3, -0.25) is 9.69 Å². The average Bonchev–Trinajstić information content (AvgIpc) is 2.77. The smallest absolute Gasteiger partial charge is 0.319 e. The standard InChI is InChI=1S/C25H34N4O2/c1-3-15-29(18-21-11-9-20(2)10-12-21)24(30)19-28-16-13-23(14-17-28)27-25(31)26-22-7-5-4-6-8-22/h4-12,23H,3,13-19H2,1-2H3,(H2,26,27,31). The van der Waals surface area contributed by atoms with E-state index < -0.39 is 0 Å². The zero-order valence-electron chi connectivity index (χ0n) is 18.6. The number of carbonyl (C=O) groups excluding carboxylic acids is 2. The summed E-state index contributed by atoms with van der Waals surface area (Å²) in [6, 6.07) is 17.8. The molecule has 6 nitrogen and oxygen atoms in total. The molecule has 0 atom stereocenters. The zero-order chi connectivity index (χ0) is 22.1. The van der Waals surface area contributed by atoms with Crippen LogP contribution >= 0.6 is 0 Å². The van der Waals surface area contributed by atoms with E-state index in [-0.39, 0.29) is 18.0 Å². The molecule has 6 heteroatoms. The predicted octanol–water partition coefficient (Wildman–Crippen LogP) is 4.02. The highest BCUT2D eigenvalue weighted by atomic mass is 16.2. The molecule has 1 fully saturated rings. The number of rotatable bonds is 8. The second kappa shape index (κ2) is 11.5. The lowest BCUT2D eigenvalue weighted by molar-refractivity contribution is -0.133. The molecule has 31 heavy (non-hydrogen) atoms. The zero-order valence-corrected chi connectivity index (χ0v) is 18.6. The van der Waals surface area contributed by atoms with Crippen molar-refractivity contribution in [1.82, 2.24) is 15.1 Å². The van der Waals surface area contributed by atoms with Gasteiger partial charge in [-0.25, -0.2) is 4.79 Å². The molecule has 1 aliphatic rings. The molecule has 1 aliphatic heterocycles.